The normalized spacial score (nSPS) is 15.2. The van der Waals surface area contributed by atoms with Crippen LogP contribution in [-0.4, -0.2) is 18.7 Å². The molecule has 0 aliphatic carbocycles. The van der Waals surface area contributed by atoms with Crippen LogP contribution in [0.5, 0.6) is 0 Å². The van der Waals surface area contributed by atoms with Gasteiger partial charge in [-0.05, 0) is 37.1 Å². The Labute approximate surface area is 96.5 Å². The minimum atomic E-state index is -0.951. The fraction of sp³-hybridized carbons (Fsp3) is 0.538. The molecular formula is C13H20FNO. The van der Waals surface area contributed by atoms with Gasteiger partial charge in [0.25, 0.3) is 0 Å². The highest BCUT2D eigenvalue weighted by Gasteiger charge is 2.32. The molecule has 0 heterocycles. The van der Waals surface area contributed by atoms with E-state index >= 15 is 0 Å². The summed E-state index contributed by atoms with van der Waals surface area (Å²) in [5, 5.41) is 13.6. The summed E-state index contributed by atoms with van der Waals surface area (Å²) in [4.78, 5) is 0. The van der Waals surface area contributed by atoms with Crippen molar-refractivity contribution in [2.45, 2.75) is 26.4 Å². The van der Waals surface area contributed by atoms with Crippen LogP contribution in [0.4, 0.5) is 4.39 Å². The van der Waals surface area contributed by atoms with Crippen molar-refractivity contribution in [2.75, 3.05) is 13.6 Å². The number of halogens is 1. The van der Waals surface area contributed by atoms with Gasteiger partial charge in [0.1, 0.15) is 11.4 Å². The van der Waals surface area contributed by atoms with E-state index in [0.717, 1.165) is 5.56 Å². The van der Waals surface area contributed by atoms with Crippen molar-refractivity contribution >= 4 is 0 Å². The first-order chi connectivity index (χ1) is 7.41. The molecule has 3 heteroatoms. The number of likely N-dealkylation sites (N-methyl/N-ethyl adjacent to an activating group) is 1. The lowest BCUT2D eigenvalue weighted by Crippen LogP contribution is -2.41. The topological polar surface area (TPSA) is 32.3 Å². The molecule has 1 atom stereocenters. The highest BCUT2D eigenvalue weighted by Crippen LogP contribution is 2.29. The van der Waals surface area contributed by atoms with Gasteiger partial charge in [-0.15, -0.1) is 0 Å². The maximum absolute atomic E-state index is 13.2. The van der Waals surface area contributed by atoms with Gasteiger partial charge >= 0.3 is 0 Å². The molecule has 2 N–H and O–H groups in total. The van der Waals surface area contributed by atoms with Crippen molar-refractivity contribution in [1.82, 2.24) is 5.32 Å². The van der Waals surface area contributed by atoms with E-state index in [1.807, 2.05) is 13.8 Å². The fourth-order valence-corrected chi connectivity index (χ4v) is 1.82. The molecule has 2 nitrogen and oxygen atoms in total. The number of aryl methyl sites for hydroxylation is 1. The first-order valence-corrected chi connectivity index (χ1v) is 5.55. The van der Waals surface area contributed by atoms with Crippen LogP contribution in [-0.2, 0) is 5.60 Å². The molecule has 1 rings (SSSR count). The lowest BCUT2D eigenvalue weighted by atomic mass is 9.82. The molecule has 0 radical (unpaired) electrons. The van der Waals surface area contributed by atoms with Gasteiger partial charge in [-0.25, -0.2) is 4.39 Å². The van der Waals surface area contributed by atoms with E-state index in [4.69, 9.17) is 0 Å². The van der Waals surface area contributed by atoms with Crippen LogP contribution in [0.2, 0.25) is 0 Å². The van der Waals surface area contributed by atoms with Gasteiger partial charge in [-0.2, -0.15) is 0 Å². The third kappa shape index (κ3) is 2.42. The van der Waals surface area contributed by atoms with E-state index in [1.165, 1.54) is 6.07 Å². The molecule has 0 fully saturated rings. The van der Waals surface area contributed by atoms with Crippen molar-refractivity contribution in [3.05, 3.63) is 35.1 Å². The maximum atomic E-state index is 13.2. The zero-order chi connectivity index (χ0) is 12.3. The molecule has 0 amide bonds. The van der Waals surface area contributed by atoms with E-state index in [1.54, 1.807) is 26.1 Å². The average molecular weight is 225 g/mol. The predicted octanol–water partition coefficient (Wildman–Crippen LogP) is 2.20. The minimum Gasteiger partial charge on any atom is -0.384 e. The Morgan fingerprint density at radius 1 is 1.44 bits per heavy atom. The second-order valence-electron chi connectivity index (χ2n) is 4.57. The average Bonchev–Trinajstić information content (AvgIpc) is 2.22. The Kier molecular flexibility index (Phi) is 4.05. The smallest absolute Gasteiger partial charge is 0.126 e. The number of aliphatic hydroxyl groups is 1. The monoisotopic (exact) mass is 225 g/mol. The Bertz CT molecular complexity index is 365. The summed E-state index contributed by atoms with van der Waals surface area (Å²) < 4.78 is 13.2. The molecule has 0 spiro atoms. The molecule has 0 aliphatic heterocycles. The first-order valence-electron chi connectivity index (χ1n) is 5.55. The molecule has 1 aromatic rings. The van der Waals surface area contributed by atoms with Crippen molar-refractivity contribution in [2.24, 2.45) is 5.92 Å². The Morgan fingerprint density at radius 2 is 2.06 bits per heavy atom. The summed E-state index contributed by atoms with van der Waals surface area (Å²) in [6, 6.07) is 4.78. The van der Waals surface area contributed by atoms with E-state index in [2.05, 4.69) is 5.32 Å². The first kappa shape index (κ1) is 13.1. The molecule has 0 saturated heterocycles. The van der Waals surface area contributed by atoms with Crippen molar-refractivity contribution < 1.29 is 9.50 Å². The molecule has 0 aliphatic rings. The summed E-state index contributed by atoms with van der Waals surface area (Å²) in [5.74, 6) is -0.177. The lowest BCUT2D eigenvalue weighted by molar-refractivity contribution is -0.00767. The lowest BCUT2D eigenvalue weighted by Gasteiger charge is -2.33. The van der Waals surface area contributed by atoms with Crippen LogP contribution >= 0.6 is 0 Å². The zero-order valence-corrected chi connectivity index (χ0v) is 10.3. The van der Waals surface area contributed by atoms with Gasteiger partial charge in [0.2, 0.25) is 0 Å². The number of hydrogen-bond donors (Lipinski definition) is 2. The van der Waals surface area contributed by atoms with Crippen LogP contribution in [0.1, 0.15) is 25.0 Å². The third-order valence-electron chi connectivity index (χ3n) is 3.06. The molecule has 1 aromatic carbocycles. The molecule has 0 aromatic heterocycles. The van der Waals surface area contributed by atoms with Crippen molar-refractivity contribution in [3.63, 3.8) is 0 Å². The van der Waals surface area contributed by atoms with Crippen LogP contribution in [0.15, 0.2) is 18.2 Å². The number of nitrogens with one attached hydrogen (secondary N) is 1. The van der Waals surface area contributed by atoms with Gasteiger partial charge < -0.3 is 10.4 Å². The summed E-state index contributed by atoms with van der Waals surface area (Å²) in [6.45, 7) is 6.07. The SMILES string of the molecule is CNCC(O)(c1ccc(F)c(C)c1)C(C)C. The fourth-order valence-electron chi connectivity index (χ4n) is 1.82. The molecule has 90 valence electrons. The molecule has 16 heavy (non-hydrogen) atoms. The number of hydrogen-bond acceptors (Lipinski definition) is 2. The maximum Gasteiger partial charge on any atom is 0.126 e. The number of rotatable bonds is 4. The summed E-state index contributed by atoms with van der Waals surface area (Å²) in [7, 11) is 1.80. The number of benzene rings is 1. The van der Waals surface area contributed by atoms with E-state index in [0.29, 0.717) is 12.1 Å². The second kappa shape index (κ2) is 4.93. The summed E-state index contributed by atoms with van der Waals surface area (Å²) in [5.41, 5.74) is 0.371. The van der Waals surface area contributed by atoms with E-state index < -0.39 is 5.60 Å². The van der Waals surface area contributed by atoms with Gasteiger partial charge in [-0.1, -0.05) is 26.0 Å². The van der Waals surface area contributed by atoms with Crippen LogP contribution < -0.4 is 5.32 Å². The molecular weight excluding hydrogens is 205 g/mol. The van der Waals surface area contributed by atoms with Gasteiger partial charge in [-0.3, -0.25) is 0 Å². The van der Waals surface area contributed by atoms with E-state index in [-0.39, 0.29) is 11.7 Å². The van der Waals surface area contributed by atoms with E-state index in [9.17, 15) is 9.50 Å². The predicted molar refractivity (Wildman–Crippen MR) is 63.8 cm³/mol. The van der Waals surface area contributed by atoms with Crippen LogP contribution in [0, 0.1) is 18.7 Å². The van der Waals surface area contributed by atoms with Crippen LogP contribution in [0.3, 0.4) is 0 Å². The van der Waals surface area contributed by atoms with Gasteiger partial charge in [0.05, 0.1) is 0 Å². The van der Waals surface area contributed by atoms with Gasteiger partial charge in [0.15, 0.2) is 0 Å². The second-order valence-corrected chi connectivity index (χ2v) is 4.57. The van der Waals surface area contributed by atoms with Gasteiger partial charge in [0, 0.05) is 6.54 Å². The largest absolute Gasteiger partial charge is 0.384 e. The molecule has 1 unspecified atom stereocenters. The van der Waals surface area contributed by atoms with Crippen molar-refractivity contribution in [1.29, 1.82) is 0 Å². The quantitative estimate of drug-likeness (QED) is 0.823. The Balaban J connectivity index is 3.16. The van der Waals surface area contributed by atoms with Crippen LogP contribution in [0.25, 0.3) is 0 Å². The van der Waals surface area contributed by atoms with Crippen molar-refractivity contribution in [3.8, 4) is 0 Å². The Hall–Kier alpha value is -0.930. The summed E-state index contributed by atoms with van der Waals surface area (Å²) in [6.07, 6.45) is 0. The standard InChI is InChI=1S/C13H20FNO/c1-9(2)13(16,8-15-4)11-5-6-12(14)10(3)7-11/h5-7,9,15-16H,8H2,1-4H3. The Morgan fingerprint density at radius 3 is 2.50 bits per heavy atom. The summed E-state index contributed by atoms with van der Waals surface area (Å²) >= 11 is 0. The molecule has 0 saturated carbocycles. The molecule has 0 bridgehead atoms. The highest BCUT2D eigenvalue weighted by molar-refractivity contribution is 5.29. The minimum absolute atomic E-state index is 0.0600. The third-order valence-corrected chi connectivity index (χ3v) is 3.06. The zero-order valence-electron chi connectivity index (χ0n) is 10.3. The highest BCUT2D eigenvalue weighted by atomic mass is 19.1.